The van der Waals surface area contributed by atoms with Gasteiger partial charge in [0.25, 0.3) is 12.3 Å². The molecular formula is C16H23F2N3O. The number of halogens is 2. The Kier molecular flexibility index (Phi) is 4.74. The van der Waals surface area contributed by atoms with Gasteiger partial charge in [0.05, 0.1) is 0 Å². The molecule has 2 aliphatic rings. The second-order valence-electron chi connectivity index (χ2n) is 6.42. The molecule has 1 amide bonds. The number of hydrogen-bond donors (Lipinski definition) is 0. The number of hydrogen-bond acceptors (Lipinski definition) is 2. The van der Waals surface area contributed by atoms with Gasteiger partial charge in [0.2, 0.25) is 0 Å². The summed E-state index contributed by atoms with van der Waals surface area (Å²) in [5, 5.41) is 4.04. The average Bonchev–Trinajstić information content (AvgIpc) is 2.84. The molecule has 22 heavy (non-hydrogen) atoms. The second kappa shape index (κ2) is 6.75. The Morgan fingerprint density at radius 2 is 1.95 bits per heavy atom. The summed E-state index contributed by atoms with van der Waals surface area (Å²) in [5.74, 6) is 0.509. The number of nitrogens with zero attached hydrogens (tertiary/aromatic N) is 3. The van der Waals surface area contributed by atoms with Crippen LogP contribution in [0.1, 0.15) is 55.4 Å². The topological polar surface area (TPSA) is 38.1 Å². The Morgan fingerprint density at radius 1 is 1.23 bits per heavy atom. The van der Waals surface area contributed by atoms with Gasteiger partial charge in [-0.25, -0.2) is 8.78 Å². The standard InChI is InChI=1S/C16H23F2N3O/c17-15(18)11-20-10-8-13(19-20)16(22)21-9-4-3-6-12-5-1-2-7-14(12)21/h8,10,12,14-15H,1-7,9,11H2. The zero-order chi connectivity index (χ0) is 15.5. The summed E-state index contributed by atoms with van der Waals surface area (Å²) in [5.41, 5.74) is 0.298. The van der Waals surface area contributed by atoms with Crippen molar-refractivity contribution in [1.29, 1.82) is 0 Å². The predicted octanol–water partition coefficient (Wildman–Crippen LogP) is 3.33. The Bertz CT molecular complexity index is 517. The molecule has 0 N–H and O–H groups in total. The lowest BCUT2D eigenvalue weighted by Gasteiger charge is -2.38. The zero-order valence-corrected chi connectivity index (χ0v) is 12.8. The molecule has 0 spiro atoms. The Balaban J connectivity index is 1.75. The van der Waals surface area contributed by atoms with Gasteiger partial charge in [-0.2, -0.15) is 5.10 Å². The first-order chi connectivity index (χ1) is 10.6. The van der Waals surface area contributed by atoms with Crippen molar-refractivity contribution in [2.75, 3.05) is 6.54 Å². The van der Waals surface area contributed by atoms with E-state index < -0.39 is 13.0 Å². The molecular weight excluding hydrogens is 288 g/mol. The van der Waals surface area contributed by atoms with Crippen molar-refractivity contribution in [3.63, 3.8) is 0 Å². The van der Waals surface area contributed by atoms with Gasteiger partial charge in [0.15, 0.2) is 0 Å². The first kappa shape index (κ1) is 15.4. The van der Waals surface area contributed by atoms with Crippen LogP contribution in [0.5, 0.6) is 0 Å². The molecule has 2 atom stereocenters. The fourth-order valence-corrected chi connectivity index (χ4v) is 3.91. The van der Waals surface area contributed by atoms with Gasteiger partial charge in [-0.15, -0.1) is 0 Å². The van der Waals surface area contributed by atoms with Crippen LogP contribution in [0.4, 0.5) is 8.78 Å². The maximum Gasteiger partial charge on any atom is 0.274 e. The summed E-state index contributed by atoms with van der Waals surface area (Å²) < 4.78 is 26.0. The smallest absolute Gasteiger partial charge is 0.274 e. The van der Waals surface area contributed by atoms with Crippen LogP contribution in [0.25, 0.3) is 0 Å². The van der Waals surface area contributed by atoms with Crippen molar-refractivity contribution in [2.24, 2.45) is 5.92 Å². The van der Waals surface area contributed by atoms with E-state index in [9.17, 15) is 13.6 Å². The summed E-state index contributed by atoms with van der Waals surface area (Å²) >= 11 is 0. The predicted molar refractivity (Wildman–Crippen MR) is 78.9 cm³/mol. The SMILES string of the molecule is O=C(c1ccn(CC(F)F)n1)N1CCCCC2CCCCC21. The number of rotatable bonds is 3. The second-order valence-corrected chi connectivity index (χ2v) is 6.42. The van der Waals surface area contributed by atoms with E-state index >= 15 is 0 Å². The van der Waals surface area contributed by atoms with Crippen molar-refractivity contribution in [2.45, 2.75) is 64.0 Å². The summed E-state index contributed by atoms with van der Waals surface area (Å²) in [7, 11) is 0. The van der Waals surface area contributed by atoms with Crippen molar-refractivity contribution >= 4 is 5.91 Å². The Morgan fingerprint density at radius 3 is 2.73 bits per heavy atom. The molecule has 2 unspecified atom stereocenters. The molecule has 6 heteroatoms. The molecule has 2 heterocycles. The molecule has 0 bridgehead atoms. The van der Waals surface area contributed by atoms with E-state index in [1.807, 2.05) is 4.90 Å². The molecule has 1 saturated carbocycles. The number of aromatic nitrogens is 2. The summed E-state index contributed by atoms with van der Waals surface area (Å²) in [4.78, 5) is 14.7. The number of fused-ring (bicyclic) bond motifs is 1. The lowest BCUT2D eigenvalue weighted by atomic mass is 9.81. The maximum atomic E-state index is 12.8. The van der Waals surface area contributed by atoms with Gasteiger partial charge in [-0.1, -0.05) is 19.3 Å². The van der Waals surface area contributed by atoms with Gasteiger partial charge < -0.3 is 4.90 Å². The number of carbonyl (C=O) groups excluding carboxylic acids is 1. The third-order valence-electron chi connectivity index (χ3n) is 4.94. The quantitative estimate of drug-likeness (QED) is 0.859. The van der Waals surface area contributed by atoms with Crippen LogP contribution >= 0.6 is 0 Å². The minimum absolute atomic E-state index is 0.0909. The van der Waals surface area contributed by atoms with Crippen molar-refractivity contribution in [3.8, 4) is 0 Å². The maximum absolute atomic E-state index is 12.8. The van der Waals surface area contributed by atoms with E-state index in [4.69, 9.17) is 0 Å². The van der Waals surface area contributed by atoms with Crippen molar-refractivity contribution < 1.29 is 13.6 Å². The fraction of sp³-hybridized carbons (Fsp3) is 0.750. The Labute approximate surface area is 129 Å². The summed E-state index contributed by atoms with van der Waals surface area (Å²) in [6.45, 7) is 0.307. The lowest BCUT2D eigenvalue weighted by Crippen LogP contribution is -2.45. The van der Waals surface area contributed by atoms with Crippen LogP contribution in [0.3, 0.4) is 0 Å². The number of amides is 1. The van der Waals surface area contributed by atoms with E-state index in [0.29, 0.717) is 17.7 Å². The van der Waals surface area contributed by atoms with Crippen molar-refractivity contribution in [3.05, 3.63) is 18.0 Å². The van der Waals surface area contributed by atoms with Gasteiger partial charge in [-0.3, -0.25) is 9.48 Å². The third-order valence-corrected chi connectivity index (χ3v) is 4.94. The molecule has 1 saturated heterocycles. The summed E-state index contributed by atoms with van der Waals surface area (Å²) in [6, 6.07) is 1.87. The first-order valence-corrected chi connectivity index (χ1v) is 8.27. The van der Waals surface area contributed by atoms with Gasteiger partial charge in [-0.05, 0) is 37.7 Å². The average molecular weight is 311 g/mol. The fourth-order valence-electron chi connectivity index (χ4n) is 3.91. The minimum atomic E-state index is -2.45. The summed E-state index contributed by atoms with van der Waals surface area (Å²) in [6.07, 6.45) is 7.11. The zero-order valence-electron chi connectivity index (χ0n) is 12.8. The monoisotopic (exact) mass is 311 g/mol. The normalized spacial score (nSPS) is 25.9. The Hall–Kier alpha value is -1.46. The minimum Gasteiger partial charge on any atom is -0.334 e. The van der Waals surface area contributed by atoms with E-state index in [1.54, 1.807) is 6.07 Å². The van der Waals surface area contributed by atoms with Crippen molar-refractivity contribution in [1.82, 2.24) is 14.7 Å². The number of alkyl halides is 2. The van der Waals surface area contributed by atoms with Crippen LogP contribution in [-0.4, -0.2) is 39.6 Å². The largest absolute Gasteiger partial charge is 0.334 e. The van der Waals surface area contributed by atoms with E-state index in [1.165, 1.54) is 38.3 Å². The highest BCUT2D eigenvalue weighted by Crippen LogP contribution is 2.35. The van der Waals surface area contributed by atoms with Crippen LogP contribution in [0, 0.1) is 5.92 Å². The molecule has 1 aliphatic carbocycles. The highest BCUT2D eigenvalue weighted by molar-refractivity contribution is 5.92. The molecule has 2 fully saturated rings. The van der Waals surface area contributed by atoms with E-state index in [0.717, 1.165) is 24.1 Å². The van der Waals surface area contributed by atoms with Crippen LogP contribution in [-0.2, 0) is 6.54 Å². The van der Waals surface area contributed by atoms with Gasteiger partial charge in [0.1, 0.15) is 12.2 Å². The molecule has 1 aliphatic heterocycles. The van der Waals surface area contributed by atoms with E-state index in [2.05, 4.69) is 5.10 Å². The molecule has 122 valence electrons. The highest BCUT2D eigenvalue weighted by atomic mass is 19.3. The van der Waals surface area contributed by atoms with Gasteiger partial charge in [0, 0.05) is 18.8 Å². The molecule has 3 rings (SSSR count). The first-order valence-electron chi connectivity index (χ1n) is 8.27. The molecule has 0 radical (unpaired) electrons. The number of likely N-dealkylation sites (tertiary alicyclic amines) is 1. The molecule has 4 nitrogen and oxygen atoms in total. The van der Waals surface area contributed by atoms with Crippen LogP contribution in [0.15, 0.2) is 12.3 Å². The number of carbonyl (C=O) groups is 1. The van der Waals surface area contributed by atoms with E-state index in [-0.39, 0.29) is 5.91 Å². The van der Waals surface area contributed by atoms with Gasteiger partial charge >= 0.3 is 0 Å². The molecule has 1 aromatic rings. The van der Waals surface area contributed by atoms with Crippen LogP contribution in [0.2, 0.25) is 0 Å². The lowest BCUT2D eigenvalue weighted by molar-refractivity contribution is 0.0560. The molecule has 1 aromatic heterocycles. The van der Waals surface area contributed by atoms with Crippen LogP contribution < -0.4 is 0 Å². The third kappa shape index (κ3) is 3.31. The highest BCUT2D eigenvalue weighted by Gasteiger charge is 2.35. The molecule has 0 aromatic carbocycles.